The van der Waals surface area contributed by atoms with Gasteiger partial charge in [0, 0.05) is 5.69 Å². The average Bonchev–Trinajstić information content (AvgIpc) is 3.03. The molecule has 3 rings (SSSR count). The van der Waals surface area contributed by atoms with E-state index in [1.54, 1.807) is 19.1 Å². The van der Waals surface area contributed by atoms with Gasteiger partial charge in [0.05, 0.1) is 11.8 Å². The van der Waals surface area contributed by atoms with E-state index in [-0.39, 0.29) is 23.5 Å². The fraction of sp³-hybridized carbons (Fsp3) is 0.375. The minimum absolute atomic E-state index is 0.00862. The van der Waals surface area contributed by atoms with Crippen molar-refractivity contribution in [2.24, 2.45) is 23.7 Å². The molecule has 3 N–H and O–H groups in total. The molecule has 1 saturated carbocycles. The summed E-state index contributed by atoms with van der Waals surface area (Å²) in [6.45, 7) is 1.74. The summed E-state index contributed by atoms with van der Waals surface area (Å²) in [6, 6.07) is 4.80. The number of benzene rings is 1. The Morgan fingerprint density at radius 3 is 2.48 bits per heavy atom. The lowest BCUT2D eigenvalue weighted by Gasteiger charge is -2.24. The van der Waals surface area contributed by atoms with Crippen LogP contribution in [0.2, 0.25) is 0 Å². The van der Waals surface area contributed by atoms with E-state index < -0.39 is 17.8 Å². The molecule has 1 amide bonds. The van der Waals surface area contributed by atoms with Crippen LogP contribution >= 0.6 is 0 Å². The number of fused-ring (bicyclic) bond motifs is 2. The Kier molecular flexibility index (Phi) is 3.20. The zero-order valence-corrected chi connectivity index (χ0v) is 11.6. The summed E-state index contributed by atoms with van der Waals surface area (Å²) in [6.07, 6.45) is 4.61. The zero-order chi connectivity index (χ0) is 15.1. The molecule has 110 valence electrons. The molecule has 0 radical (unpaired) electrons. The van der Waals surface area contributed by atoms with Gasteiger partial charge < -0.3 is 15.5 Å². The van der Waals surface area contributed by atoms with Crippen molar-refractivity contribution < 1.29 is 19.8 Å². The largest absolute Gasteiger partial charge is 0.508 e. The van der Waals surface area contributed by atoms with Crippen molar-refractivity contribution in [3.63, 3.8) is 0 Å². The van der Waals surface area contributed by atoms with Crippen LogP contribution in [0.15, 0.2) is 30.4 Å². The Morgan fingerprint density at radius 1 is 1.19 bits per heavy atom. The molecule has 0 aliphatic heterocycles. The Bertz CT molecular complexity index is 637. The van der Waals surface area contributed by atoms with Crippen LogP contribution in [0.3, 0.4) is 0 Å². The van der Waals surface area contributed by atoms with E-state index in [0.29, 0.717) is 11.3 Å². The van der Waals surface area contributed by atoms with Gasteiger partial charge in [0.15, 0.2) is 0 Å². The molecule has 5 heteroatoms. The standard InChI is InChI=1S/C16H17NO4/c1-8-6-11(4-5-12(8)18)17-15(19)13-9-2-3-10(7-9)14(13)16(20)21/h2-6,9-10,13-14,18H,7H2,1H3,(H,17,19)(H,20,21)/t9?,10?,13-,14+/m0/s1. The Labute approximate surface area is 122 Å². The highest BCUT2D eigenvalue weighted by molar-refractivity contribution is 5.96. The summed E-state index contributed by atoms with van der Waals surface area (Å²) in [7, 11) is 0. The van der Waals surface area contributed by atoms with Gasteiger partial charge in [-0.05, 0) is 48.9 Å². The minimum Gasteiger partial charge on any atom is -0.508 e. The molecule has 0 aromatic heterocycles. The van der Waals surface area contributed by atoms with Crippen LogP contribution in [-0.2, 0) is 9.59 Å². The third kappa shape index (κ3) is 2.28. The molecule has 0 spiro atoms. The number of carbonyl (C=O) groups is 2. The Morgan fingerprint density at radius 2 is 1.86 bits per heavy atom. The quantitative estimate of drug-likeness (QED) is 0.587. The topological polar surface area (TPSA) is 86.6 Å². The maximum absolute atomic E-state index is 12.4. The highest BCUT2D eigenvalue weighted by atomic mass is 16.4. The molecule has 2 bridgehead atoms. The molecule has 0 saturated heterocycles. The predicted octanol–water partition coefficient (Wildman–Crippen LogP) is 2.16. The number of aliphatic carboxylic acids is 1. The van der Waals surface area contributed by atoms with Gasteiger partial charge in [-0.3, -0.25) is 9.59 Å². The number of carboxylic acids is 1. The van der Waals surface area contributed by atoms with E-state index in [4.69, 9.17) is 0 Å². The van der Waals surface area contributed by atoms with Crippen LogP contribution in [0, 0.1) is 30.6 Å². The average molecular weight is 287 g/mol. The number of rotatable bonds is 3. The van der Waals surface area contributed by atoms with Gasteiger partial charge in [0.1, 0.15) is 5.75 Å². The normalized spacial score (nSPS) is 29.6. The molecule has 0 heterocycles. The second-order valence-electron chi connectivity index (χ2n) is 5.83. The van der Waals surface area contributed by atoms with Crippen LogP contribution in [0.25, 0.3) is 0 Å². The number of phenolic OH excluding ortho intramolecular Hbond substituents is 1. The van der Waals surface area contributed by atoms with E-state index in [1.807, 2.05) is 12.2 Å². The number of phenols is 1. The fourth-order valence-corrected chi connectivity index (χ4v) is 3.48. The van der Waals surface area contributed by atoms with Crippen LogP contribution in [0.5, 0.6) is 5.75 Å². The molecule has 1 aromatic rings. The highest BCUT2D eigenvalue weighted by Gasteiger charge is 2.51. The maximum atomic E-state index is 12.4. The number of amides is 1. The van der Waals surface area contributed by atoms with E-state index >= 15 is 0 Å². The number of aromatic hydroxyl groups is 1. The van der Waals surface area contributed by atoms with Gasteiger partial charge in [-0.25, -0.2) is 0 Å². The van der Waals surface area contributed by atoms with Gasteiger partial charge in [-0.15, -0.1) is 0 Å². The summed E-state index contributed by atoms with van der Waals surface area (Å²) in [5.41, 5.74) is 1.24. The smallest absolute Gasteiger partial charge is 0.307 e. The van der Waals surface area contributed by atoms with Crippen molar-refractivity contribution in [2.75, 3.05) is 5.32 Å². The first-order valence-corrected chi connectivity index (χ1v) is 6.99. The van der Waals surface area contributed by atoms with Gasteiger partial charge >= 0.3 is 5.97 Å². The fourth-order valence-electron chi connectivity index (χ4n) is 3.48. The van der Waals surface area contributed by atoms with E-state index in [1.165, 1.54) is 6.07 Å². The lowest BCUT2D eigenvalue weighted by molar-refractivity contribution is -0.146. The summed E-state index contributed by atoms with van der Waals surface area (Å²) in [5.74, 6) is -2.19. The summed E-state index contributed by atoms with van der Waals surface area (Å²) >= 11 is 0. The van der Waals surface area contributed by atoms with E-state index in [9.17, 15) is 19.8 Å². The molecule has 2 unspecified atom stereocenters. The molecule has 1 fully saturated rings. The van der Waals surface area contributed by atoms with Gasteiger partial charge in [-0.2, -0.15) is 0 Å². The monoisotopic (exact) mass is 287 g/mol. The lowest BCUT2D eigenvalue weighted by atomic mass is 9.82. The summed E-state index contributed by atoms with van der Waals surface area (Å²) in [5, 5.41) is 21.6. The third-order valence-electron chi connectivity index (χ3n) is 4.51. The lowest BCUT2D eigenvalue weighted by Crippen LogP contribution is -2.36. The molecule has 1 aromatic carbocycles. The molecule has 2 aliphatic rings. The Balaban J connectivity index is 1.80. The third-order valence-corrected chi connectivity index (χ3v) is 4.51. The number of carbonyl (C=O) groups excluding carboxylic acids is 1. The van der Waals surface area contributed by atoms with Gasteiger partial charge in [0.2, 0.25) is 5.91 Å². The van der Waals surface area contributed by atoms with E-state index in [0.717, 1.165) is 6.42 Å². The second-order valence-corrected chi connectivity index (χ2v) is 5.83. The molecular weight excluding hydrogens is 270 g/mol. The number of hydrogen-bond acceptors (Lipinski definition) is 3. The van der Waals surface area contributed by atoms with Crippen LogP contribution in [0.4, 0.5) is 5.69 Å². The molecule has 2 aliphatic carbocycles. The minimum atomic E-state index is -0.908. The molecule has 5 nitrogen and oxygen atoms in total. The number of hydrogen-bond donors (Lipinski definition) is 3. The van der Waals surface area contributed by atoms with Crippen molar-refractivity contribution in [2.45, 2.75) is 13.3 Å². The van der Waals surface area contributed by atoms with Crippen LogP contribution < -0.4 is 5.32 Å². The van der Waals surface area contributed by atoms with Gasteiger partial charge in [-0.1, -0.05) is 12.2 Å². The first kappa shape index (κ1) is 13.7. The maximum Gasteiger partial charge on any atom is 0.307 e. The molecular formula is C16H17NO4. The van der Waals surface area contributed by atoms with E-state index in [2.05, 4.69) is 5.32 Å². The number of carboxylic acid groups (broad SMARTS) is 1. The SMILES string of the molecule is Cc1cc(NC(=O)[C@H]2C3C=CC(C3)[C@H]2C(=O)O)ccc1O. The number of aryl methyl sites for hydroxylation is 1. The number of allylic oxidation sites excluding steroid dienone is 2. The second kappa shape index (κ2) is 4.91. The Hall–Kier alpha value is -2.30. The van der Waals surface area contributed by atoms with Crippen molar-refractivity contribution in [3.05, 3.63) is 35.9 Å². The number of anilines is 1. The van der Waals surface area contributed by atoms with Crippen molar-refractivity contribution in [3.8, 4) is 5.75 Å². The summed E-state index contributed by atoms with van der Waals surface area (Å²) in [4.78, 5) is 23.9. The van der Waals surface area contributed by atoms with Crippen LogP contribution in [0.1, 0.15) is 12.0 Å². The van der Waals surface area contributed by atoms with Gasteiger partial charge in [0.25, 0.3) is 0 Å². The first-order valence-electron chi connectivity index (χ1n) is 6.99. The van der Waals surface area contributed by atoms with Crippen molar-refractivity contribution >= 4 is 17.6 Å². The predicted molar refractivity (Wildman–Crippen MR) is 76.8 cm³/mol. The number of nitrogens with one attached hydrogen (secondary N) is 1. The highest BCUT2D eigenvalue weighted by Crippen LogP contribution is 2.48. The zero-order valence-electron chi connectivity index (χ0n) is 11.6. The van der Waals surface area contributed by atoms with Crippen LogP contribution in [-0.4, -0.2) is 22.1 Å². The molecule has 4 atom stereocenters. The van der Waals surface area contributed by atoms with Crippen molar-refractivity contribution in [1.29, 1.82) is 0 Å². The first-order chi connectivity index (χ1) is 9.97. The van der Waals surface area contributed by atoms with Crippen molar-refractivity contribution in [1.82, 2.24) is 0 Å². The summed E-state index contributed by atoms with van der Waals surface area (Å²) < 4.78 is 0. The molecule has 21 heavy (non-hydrogen) atoms.